The van der Waals surface area contributed by atoms with Crippen LogP contribution in [0.3, 0.4) is 0 Å². The molecular weight excluding hydrogens is 743 g/mol. The smallest absolute Gasteiger partial charge is 0.164 e. The number of hydrogen-bond donors (Lipinski definition) is 0. The van der Waals surface area contributed by atoms with E-state index in [9.17, 15) is 0 Å². The van der Waals surface area contributed by atoms with E-state index in [4.69, 9.17) is 19.4 Å². The van der Waals surface area contributed by atoms with Gasteiger partial charge in [-0.3, -0.25) is 0 Å². The number of nitrogens with zero attached hydrogens (tertiary/aromatic N) is 3. The minimum atomic E-state index is 0.619. The third-order valence-electron chi connectivity index (χ3n) is 11.9. The van der Waals surface area contributed by atoms with E-state index < -0.39 is 0 Å². The summed E-state index contributed by atoms with van der Waals surface area (Å²) in [7, 11) is 0. The lowest BCUT2D eigenvalue weighted by atomic mass is 9.91. The van der Waals surface area contributed by atoms with Crippen molar-refractivity contribution in [3.63, 3.8) is 0 Å². The highest BCUT2D eigenvalue weighted by Gasteiger charge is 2.17. The molecule has 0 N–H and O–H groups in total. The van der Waals surface area contributed by atoms with Crippen LogP contribution in [0.25, 0.3) is 122 Å². The van der Waals surface area contributed by atoms with Gasteiger partial charge in [0.05, 0.1) is 0 Å². The molecule has 0 saturated carbocycles. The minimum absolute atomic E-state index is 0.619. The molecule has 0 atom stereocenters. The van der Waals surface area contributed by atoms with Crippen LogP contribution in [0.5, 0.6) is 0 Å². The third-order valence-corrected chi connectivity index (χ3v) is 11.9. The molecule has 0 saturated heterocycles. The van der Waals surface area contributed by atoms with E-state index in [0.29, 0.717) is 17.5 Å². The Bertz CT molecular complexity index is 3560. The van der Waals surface area contributed by atoms with Gasteiger partial charge in [-0.25, -0.2) is 15.0 Å². The quantitative estimate of drug-likeness (QED) is 0.158. The number of fused-ring (bicyclic) bond motifs is 9. The molecule has 12 rings (SSSR count). The Labute approximate surface area is 352 Å². The van der Waals surface area contributed by atoms with Crippen molar-refractivity contribution in [2.24, 2.45) is 0 Å². The van der Waals surface area contributed by atoms with E-state index in [1.54, 1.807) is 0 Å². The molecule has 0 bridgehead atoms. The summed E-state index contributed by atoms with van der Waals surface area (Å²) in [5, 5.41) is 9.81. The second-order valence-electron chi connectivity index (χ2n) is 15.5. The minimum Gasteiger partial charge on any atom is -0.456 e. The maximum atomic E-state index is 6.52. The van der Waals surface area contributed by atoms with Crippen molar-refractivity contribution in [3.8, 4) is 67.5 Å². The Morgan fingerprint density at radius 2 is 0.672 bits per heavy atom. The van der Waals surface area contributed by atoms with Crippen LogP contribution in [0, 0.1) is 0 Å². The van der Waals surface area contributed by atoms with Gasteiger partial charge in [0, 0.05) is 27.5 Å². The second-order valence-corrected chi connectivity index (χ2v) is 15.5. The first-order valence-electron chi connectivity index (χ1n) is 20.6. The molecule has 0 aliphatic carbocycles. The highest BCUT2D eigenvalue weighted by Crippen LogP contribution is 2.41. The van der Waals surface area contributed by atoms with Crippen molar-refractivity contribution in [3.05, 3.63) is 212 Å². The van der Waals surface area contributed by atoms with E-state index in [1.807, 2.05) is 60.7 Å². The average molecular weight is 778 g/mol. The monoisotopic (exact) mass is 777 g/mol. The fraction of sp³-hybridized carbons (Fsp3) is 0. The summed E-state index contributed by atoms with van der Waals surface area (Å²) in [5.41, 5.74) is 11.3. The van der Waals surface area contributed by atoms with Crippen LogP contribution < -0.4 is 0 Å². The van der Waals surface area contributed by atoms with Crippen molar-refractivity contribution in [2.75, 3.05) is 0 Å². The highest BCUT2D eigenvalue weighted by atomic mass is 16.3. The van der Waals surface area contributed by atoms with Crippen molar-refractivity contribution >= 4 is 54.3 Å². The summed E-state index contributed by atoms with van der Waals surface area (Å²) < 4.78 is 6.52. The summed E-state index contributed by atoms with van der Waals surface area (Å²) in [6.07, 6.45) is 0. The van der Waals surface area contributed by atoms with Gasteiger partial charge in [0.15, 0.2) is 17.5 Å². The summed E-state index contributed by atoms with van der Waals surface area (Å²) in [5.74, 6) is 1.89. The molecule has 2 heterocycles. The molecule has 12 aromatic rings. The zero-order valence-electron chi connectivity index (χ0n) is 33.0. The number of rotatable bonds is 6. The van der Waals surface area contributed by atoms with Crippen LogP contribution in [0.15, 0.2) is 217 Å². The summed E-state index contributed by atoms with van der Waals surface area (Å²) in [4.78, 5) is 14.9. The zero-order valence-corrected chi connectivity index (χ0v) is 33.0. The molecular formula is C57H35N3O. The Hall–Kier alpha value is -8.21. The highest BCUT2D eigenvalue weighted by molar-refractivity contribution is 6.25. The normalized spacial score (nSPS) is 11.6. The van der Waals surface area contributed by atoms with Gasteiger partial charge in [-0.2, -0.15) is 0 Å². The van der Waals surface area contributed by atoms with E-state index in [2.05, 4.69) is 152 Å². The zero-order chi connectivity index (χ0) is 40.3. The van der Waals surface area contributed by atoms with E-state index in [0.717, 1.165) is 60.9 Å². The van der Waals surface area contributed by atoms with Crippen LogP contribution in [0.2, 0.25) is 0 Å². The molecule has 2 aromatic heterocycles. The van der Waals surface area contributed by atoms with Gasteiger partial charge in [-0.1, -0.05) is 176 Å². The summed E-state index contributed by atoms with van der Waals surface area (Å²) in [6.45, 7) is 0. The first-order valence-corrected chi connectivity index (χ1v) is 20.6. The van der Waals surface area contributed by atoms with Gasteiger partial charge in [-0.15, -0.1) is 0 Å². The Morgan fingerprint density at radius 3 is 1.30 bits per heavy atom. The van der Waals surface area contributed by atoms with Gasteiger partial charge >= 0.3 is 0 Å². The van der Waals surface area contributed by atoms with Gasteiger partial charge in [-0.05, 0) is 102 Å². The van der Waals surface area contributed by atoms with Gasteiger partial charge in [0.2, 0.25) is 0 Å². The lowest BCUT2D eigenvalue weighted by molar-refractivity contribution is 0.669. The molecule has 0 fully saturated rings. The van der Waals surface area contributed by atoms with Crippen molar-refractivity contribution in [2.45, 2.75) is 0 Å². The van der Waals surface area contributed by atoms with Crippen LogP contribution in [0.4, 0.5) is 0 Å². The Balaban J connectivity index is 0.952. The summed E-state index contributed by atoms with van der Waals surface area (Å²) in [6, 6.07) is 74.8. The lowest BCUT2D eigenvalue weighted by Crippen LogP contribution is -2.00. The van der Waals surface area contributed by atoms with Crippen LogP contribution in [-0.4, -0.2) is 15.0 Å². The predicted octanol–water partition coefficient (Wildman–Crippen LogP) is 15.2. The van der Waals surface area contributed by atoms with Crippen molar-refractivity contribution < 1.29 is 4.42 Å². The van der Waals surface area contributed by atoms with E-state index in [1.165, 1.54) is 43.4 Å². The standard InChI is InChI=1S/C57H35N3O/c1-3-14-36(15-4-1)55-58-56(37-16-5-2-6-17-37)60-57(59-55)43-21-12-20-42(33-43)44-26-13-27-53-54(44)51-35-41(29-31-52(51)61-53)39-19-11-18-38(32-39)40-28-30-49-47-24-8-7-22-45(47)46-23-9-10-25-48(46)50(49)34-40/h1-35H. The predicted molar refractivity (Wildman–Crippen MR) is 252 cm³/mol. The van der Waals surface area contributed by atoms with Gasteiger partial charge in [0.25, 0.3) is 0 Å². The van der Waals surface area contributed by atoms with Crippen molar-refractivity contribution in [1.82, 2.24) is 15.0 Å². The molecule has 284 valence electrons. The van der Waals surface area contributed by atoms with Crippen LogP contribution >= 0.6 is 0 Å². The molecule has 0 unspecified atom stereocenters. The number of furan rings is 1. The molecule has 10 aromatic carbocycles. The number of benzene rings is 10. The molecule has 4 heteroatoms. The largest absolute Gasteiger partial charge is 0.456 e. The Kier molecular flexibility index (Phi) is 8.13. The SMILES string of the molecule is c1ccc(-c2nc(-c3ccccc3)nc(-c3cccc(-c4cccc5oc6ccc(-c7cccc(-c8ccc9c%10ccccc%10c%10ccccc%10c9c8)c7)cc6c45)c3)n2)cc1. The lowest BCUT2D eigenvalue weighted by Gasteiger charge is -2.12. The average Bonchev–Trinajstić information content (AvgIpc) is 3.73. The molecule has 4 nitrogen and oxygen atoms in total. The van der Waals surface area contributed by atoms with Crippen LogP contribution in [-0.2, 0) is 0 Å². The second kappa shape index (κ2) is 14.3. The van der Waals surface area contributed by atoms with Gasteiger partial charge < -0.3 is 4.42 Å². The molecule has 61 heavy (non-hydrogen) atoms. The van der Waals surface area contributed by atoms with E-state index >= 15 is 0 Å². The third kappa shape index (κ3) is 6.04. The fourth-order valence-electron chi connectivity index (χ4n) is 8.98. The topological polar surface area (TPSA) is 51.8 Å². The molecule has 0 spiro atoms. The number of hydrogen-bond acceptors (Lipinski definition) is 4. The number of aromatic nitrogens is 3. The van der Waals surface area contributed by atoms with Gasteiger partial charge in [0.1, 0.15) is 11.2 Å². The molecule has 0 amide bonds. The maximum Gasteiger partial charge on any atom is 0.164 e. The molecule has 0 aliphatic heterocycles. The van der Waals surface area contributed by atoms with Crippen LogP contribution in [0.1, 0.15) is 0 Å². The molecule has 0 aliphatic rings. The molecule has 0 radical (unpaired) electrons. The fourth-order valence-corrected chi connectivity index (χ4v) is 8.98. The first-order chi connectivity index (χ1) is 30.2. The maximum absolute atomic E-state index is 6.52. The summed E-state index contributed by atoms with van der Waals surface area (Å²) >= 11 is 0. The Morgan fingerprint density at radius 1 is 0.246 bits per heavy atom. The van der Waals surface area contributed by atoms with Crippen molar-refractivity contribution in [1.29, 1.82) is 0 Å². The first kappa shape index (κ1) is 34.8. The van der Waals surface area contributed by atoms with E-state index in [-0.39, 0.29) is 0 Å².